The molecule has 3 aliphatic rings. The van der Waals surface area contributed by atoms with Crippen molar-refractivity contribution in [2.45, 2.75) is 57.3 Å². The van der Waals surface area contributed by atoms with E-state index in [0.29, 0.717) is 29.1 Å². The van der Waals surface area contributed by atoms with E-state index in [1.807, 2.05) is 10.9 Å². The molecule has 1 N–H and O–H groups in total. The van der Waals surface area contributed by atoms with Crippen LogP contribution in [0.5, 0.6) is 0 Å². The highest BCUT2D eigenvalue weighted by molar-refractivity contribution is 5.47. The topological polar surface area (TPSA) is 76.3 Å². The van der Waals surface area contributed by atoms with Gasteiger partial charge < -0.3 is 14.7 Å². The first-order valence-electron chi connectivity index (χ1n) is 11.0. The molecule has 1 saturated heterocycles. The van der Waals surface area contributed by atoms with Crippen LogP contribution in [0.1, 0.15) is 51.3 Å². The van der Waals surface area contributed by atoms with Gasteiger partial charge in [0.1, 0.15) is 11.3 Å². The Morgan fingerprint density at radius 3 is 2.67 bits per heavy atom. The third-order valence-electron chi connectivity index (χ3n) is 6.90. The summed E-state index contributed by atoms with van der Waals surface area (Å²) in [6, 6.07) is 1.84. The minimum absolute atomic E-state index is 0.0606. The number of hydrogen-bond acceptors (Lipinski definition) is 6. The summed E-state index contributed by atoms with van der Waals surface area (Å²) in [5.74, 6) is 1.34. The predicted octanol–water partition coefficient (Wildman–Crippen LogP) is 2.92. The van der Waals surface area contributed by atoms with Crippen molar-refractivity contribution < 1.29 is 14.2 Å². The first-order valence-corrected chi connectivity index (χ1v) is 11.0. The lowest BCUT2D eigenvalue weighted by Crippen LogP contribution is -2.38. The van der Waals surface area contributed by atoms with E-state index in [1.54, 1.807) is 26.1 Å². The summed E-state index contributed by atoms with van der Waals surface area (Å²) in [5, 5.41) is 18.8. The predicted molar refractivity (Wildman–Crippen MR) is 109 cm³/mol. The average Bonchev–Trinajstić information content (AvgIpc) is 3.23. The lowest BCUT2D eigenvalue weighted by molar-refractivity contribution is -0.0376. The zero-order chi connectivity index (χ0) is 20.9. The highest BCUT2D eigenvalue weighted by atomic mass is 19.1. The molecule has 2 saturated carbocycles. The number of aliphatic hydroxyl groups is 1. The number of hydrogen-bond donors (Lipinski definition) is 1. The van der Waals surface area contributed by atoms with Crippen molar-refractivity contribution in [1.82, 2.24) is 20.0 Å². The van der Waals surface area contributed by atoms with E-state index in [-0.39, 0.29) is 18.0 Å². The van der Waals surface area contributed by atoms with Crippen molar-refractivity contribution in [3.05, 3.63) is 36.2 Å². The smallest absolute Gasteiger partial charge is 0.164 e. The van der Waals surface area contributed by atoms with Crippen LogP contribution < -0.4 is 4.90 Å². The molecule has 3 heterocycles. The zero-order valence-electron chi connectivity index (χ0n) is 17.6. The summed E-state index contributed by atoms with van der Waals surface area (Å²) in [6.45, 7) is 5.90. The summed E-state index contributed by atoms with van der Waals surface area (Å²) in [6.07, 6.45) is 9.21. The van der Waals surface area contributed by atoms with Crippen molar-refractivity contribution >= 4 is 5.69 Å². The van der Waals surface area contributed by atoms with Crippen molar-refractivity contribution in [3.8, 4) is 0 Å². The highest BCUT2D eigenvalue weighted by Gasteiger charge is 2.45. The Labute approximate surface area is 176 Å². The standard InChI is InChI=1S/C22H30FN5O2/c1-22(2,29)21-12-28(26-25-21)19-7-15-10-27(18-5-6-24-9-17(18)23)11-16(15)8-20(19)30-13-14-3-4-14/h5-6,9,12,14-16,19-20,29H,3-4,7-8,10-11,13H2,1-2H3/t15-,16+,19-,20-/m1/s1. The zero-order valence-corrected chi connectivity index (χ0v) is 17.6. The number of nitrogens with zero attached hydrogens (tertiary/aromatic N) is 5. The number of ether oxygens (including phenoxy) is 1. The van der Waals surface area contributed by atoms with Crippen LogP contribution in [0.15, 0.2) is 24.7 Å². The second kappa shape index (κ2) is 7.57. The minimum Gasteiger partial charge on any atom is -0.384 e. The molecule has 2 aromatic heterocycles. The fourth-order valence-electron chi connectivity index (χ4n) is 4.93. The first kappa shape index (κ1) is 19.9. The van der Waals surface area contributed by atoms with Gasteiger partial charge in [-0.05, 0) is 63.4 Å². The van der Waals surface area contributed by atoms with Crippen LogP contribution in [0.25, 0.3) is 0 Å². The molecular formula is C22H30FN5O2. The summed E-state index contributed by atoms with van der Waals surface area (Å²) in [5.41, 5.74) is 0.178. The highest BCUT2D eigenvalue weighted by Crippen LogP contribution is 2.44. The van der Waals surface area contributed by atoms with E-state index in [1.165, 1.54) is 19.0 Å². The SMILES string of the molecule is CC(C)(O)c1cn([C@@H]2C[C@@H]3CN(c4ccncc4F)C[C@@H]3C[C@H]2OCC2CC2)nn1. The average molecular weight is 416 g/mol. The summed E-state index contributed by atoms with van der Waals surface area (Å²) in [4.78, 5) is 6.03. The van der Waals surface area contributed by atoms with Gasteiger partial charge in [-0.2, -0.15) is 0 Å². The van der Waals surface area contributed by atoms with E-state index in [0.717, 1.165) is 32.5 Å². The van der Waals surface area contributed by atoms with Gasteiger partial charge >= 0.3 is 0 Å². The van der Waals surface area contributed by atoms with Gasteiger partial charge in [0.15, 0.2) is 5.82 Å². The van der Waals surface area contributed by atoms with Crippen LogP contribution >= 0.6 is 0 Å². The number of rotatable bonds is 6. The Morgan fingerprint density at radius 1 is 1.23 bits per heavy atom. The van der Waals surface area contributed by atoms with Gasteiger partial charge in [0.05, 0.1) is 30.2 Å². The largest absolute Gasteiger partial charge is 0.384 e. The van der Waals surface area contributed by atoms with Gasteiger partial charge in [0.2, 0.25) is 0 Å². The molecule has 7 nitrogen and oxygen atoms in total. The summed E-state index contributed by atoms with van der Waals surface area (Å²) in [7, 11) is 0. The van der Waals surface area contributed by atoms with E-state index >= 15 is 0 Å². The van der Waals surface area contributed by atoms with Crippen molar-refractivity contribution in [2.75, 3.05) is 24.6 Å². The molecule has 8 heteroatoms. The van der Waals surface area contributed by atoms with Crippen molar-refractivity contribution in [2.24, 2.45) is 17.8 Å². The Morgan fingerprint density at radius 2 is 2.00 bits per heavy atom. The van der Waals surface area contributed by atoms with Crippen LogP contribution in [0, 0.1) is 23.6 Å². The van der Waals surface area contributed by atoms with E-state index in [4.69, 9.17) is 4.74 Å². The molecule has 30 heavy (non-hydrogen) atoms. The van der Waals surface area contributed by atoms with Gasteiger partial charge in [-0.1, -0.05) is 5.21 Å². The first-order chi connectivity index (χ1) is 14.4. The second-order valence-electron chi connectivity index (χ2n) is 9.75. The van der Waals surface area contributed by atoms with Crippen LogP contribution in [0.2, 0.25) is 0 Å². The van der Waals surface area contributed by atoms with E-state index in [2.05, 4.69) is 20.2 Å². The van der Waals surface area contributed by atoms with E-state index in [9.17, 15) is 9.50 Å². The Bertz CT molecular complexity index is 894. The van der Waals surface area contributed by atoms with Crippen molar-refractivity contribution in [3.63, 3.8) is 0 Å². The molecular weight excluding hydrogens is 385 g/mol. The molecule has 3 fully saturated rings. The second-order valence-corrected chi connectivity index (χ2v) is 9.75. The molecule has 0 unspecified atom stereocenters. The van der Waals surface area contributed by atoms with Gasteiger partial charge in [-0.15, -0.1) is 5.10 Å². The molecule has 0 bridgehead atoms. The van der Waals surface area contributed by atoms with Crippen LogP contribution in [-0.4, -0.2) is 50.9 Å². The van der Waals surface area contributed by atoms with Crippen LogP contribution in [0.3, 0.4) is 0 Å². The molecule has 162 valence electrons. The molecule has 1 aliphatic heterocycles. The maximum Gasteiger partial charge on any atom is 0.164 e. The molecule has 2 aromatic rings. The number of fused-ring (bicyclic) bond motifs is 1. The maximum atomic E-state index is 14.3. The molecule has 0 radical (unpaired) electrons. The van der Waals surface area contributed by atoms with Gasteiger partial charge in [0.25, 0.3) is 0 Å². The number of anilines is 1. The fourth-order valence-corrected chi connectivity index (χ4v) is 4.93. The molecule has 2 aliphatic carbocycles. The van der Waals surface area contributed by atoms with Crippen molar-refractivity contribution in [1.29, 1.82) is 0 Å². The molecule has 0 aromatic carbocycles. The van der Waals surface area contributed by atoms with E-state index < -0.39 is 5.60 Å². The Hall–Kier alpha value is -2.06. The van der Waals surface area contributed by atoms with Gasteiger partial charge in [0, 0.05) is 25.9 Å². The molecule has 4 atom stereocenters. The minimum atomic E-state index is -1.02. The molecule has 5 rings (SSSR count). The quantitative estimate of drug-likeness (QED) is 0.782. The Balaban J connectivity index is 1.36. The lowest BCUT2D eigenvalue weighted by atomic mass is 9.77. The number of pyridine rings is 1. The maximum absolute atomic E-state index is 14.3. The fraction of sp³-hybridized carbons (Fsp3) is 0.682. The Kier molecular flexibility index (Phi) is 5.01. The third kappa shape index (κ3) is 3.95. The monoisotopic (exact) mass is 415 g/mol. The number of halogens is 1. The summed E-state index contributed by atoms with van der Waals surface area (Å²) >= 11 is 0. The lowest BCUT2D eigenvalue weighted by Gasteiger charge is -2.37. The molecule has 0 spiro atoms. The van der Waals surface area contributed by atoms with Gasteiger partial charge in [-0.3, -0.25) is 4.98 Å². The normalized spacial score (nSPS) is 29.3. The number of aromatic nitrogens is 4. The summed E-state index contributed by atoms with van der Waals surface area (Å²) < 4.78 is 22.6. The van der Waals surface area contributed by atoms with Crippen LogP contribution in [0.4, 0.5) is 10.1 Å². The van der Waals surface area contributed by atoms with Gasteiger partial charge in [-0.25, -0.2) is 9.07 Å². The van der Waals surface area contributed by atoms with Crippen LogP contribution in [-0.2, 0) is 10.3 Å². The molecule has 0 amide bonds. The third-order valence-corrected chi connectivity index (χ3v) is 6.90.